The predicted molar refractivity (Wildman–Crippen MR) is 139 cm³/mol. The first-order valence-corrected chi connectivity index (χ1v) is 14.5. The normalized spacial score (nSPS) is 12.9. The van der Waals surface area contributed by atoms with E-state index < -0.39 is 8.60 Å². The van der Waals surface area contributed by atoms with E-state index in [2.05, 4.69) is 31.2 Å². The minimum absolute atomic E-state index is 0.00743. The Hall–Kier alpha value is -1.99. The molecule has 0 bridgehead atoms. The van der Waals surface area contributed by atoms with Gasteiger partial charge in [0.05, 0.1) is 32.1 Å². The Labute approximate surface area is 215 Å². The highest BCUT2D eigenvalue weighted by atomic mass is 32.2. The van der Waals surface area contributed by atoms with E-state index >= 15 is 0 Å². The predicted octanol–water partition coefficient (Wildman–Crippen LogP) is 2.32. The smallest absolute Gasteiger partial charge is 0.329 e. The third kappa shape index (κ3) is 12.3. The van der Waals surface area contributed by atoms with Crippen LogP contribution in [0.2, 0.25) is 0 Å². The lowest BCUT2D eigenvalue weighted by Crippen LogP contribution is -2.29. The van der Waals surface area contributed by atoms with Crippen molar-refractivity contribution in [1.82, 2.24) is 25.5 Å². The zero-order valence-electron chi connectivity index (χ0n) is 20.8. The average Bonchev–Trinajstić information content (AvgIpc) is 3.38. The van der Waals surface area contributed by atoms with Crippen LogP contribution >= 0.6 is 19.1 Å². The third-order valence-corrected chi connectivity index (χ3v) is 6.28. The van der Waals surface area contributed by atoms with Gasteiger partial charge in [0.15, 0.2) is 0 Å². The number of carbonyl (C=O) groups excluding carboxylic acids is 1. The van der Waals surface area contributed by atoms with Crippen molar-refractivity contribution in [3.63, 3.8) is 0 Å². The van der Waals surface area contributed by atoms with Crippen molar-refractivity contribution in [2.75, 3.05) is 59.6 Å². The van der Waals surface area contributed by atoms with Crippen molar-refractivity contribution in [2.45, 2.75) is 30.8 Å². The maximum atomic E-state index is 11.8. The van der Waals surface area contributed by atoms with E-state index in [9.17, 15) is 4.79 Å². The molecule has 2 rings (SSSR count). The molecule has 14 heteroatoms. The standard InChI is InChI=1S/C22H36N5O7PS/c1-30-35(29)34-13-7-5-4-6-12-23-21(28)18-32-15-14-31-16-17-33-20-10-8-19(9-11-20)27-22(36(2)3)24-25-26-27/h8-11,29H,2,4-7,12-18H2,1,3H3,(H,23,28). The number of amides is 1. The number of rotatable bonds is 20. The summed E-state index contributed by atoms with van der Waals surface area (Å²) in [6.07, 6.45) is 5.61. The molecule has 0 aliphatic rings. The zero-order chi connectivity index (χ0) is 26.0. The molecular formula is C22H36N5O7PS. The van der Waals surface area contributed by atoms with E-state index in [-0.39, 0.29) is 23.0 Å². The summed E-state index contributed by atoms with van der Waals surface area (Å²) >= 11 is 0. The Kier molecular flexibility index (Phi) is 15.4. The minimum atomic E-state index is -1.74. The van der Waals surface area contributed by atoms with Crippen molar-refractivity contribution in [1.29, 1.82) is 0 Å². The van der Waals surface area contributed by atoms with Gasteiger partial charge in [0.25, 0.3) is 0 Å². The highest BCUT2D eigenvalue weighted by Gasteiger charge is 2.08. The first-order valence-electron chi connectivity index (χ1n) is 11.6. The second kappa shape index (κ2) is 18.3. The summed E-state index contributed by atoms with van der Waals surface area (Å²) in [7, 11) is -0.631. The van der Waals surface area contributed by atoms with Crippen molar-refractivity contribution in [3.05, 3.63) is 24.3 Å². The van der Waals surface area contributed by atoms with E-state index in [4.69, 9.17) is 23.6 Å². The fourth-order valence-corrected chi connectivity index (χ4v) is 3.90. The highest BCUT2D eigenvalue weighted by molar-refractivity contribution is 8.13. The molecule has 1 aromatic heterocycles. The highest BCUT2D eigenvalue weighted by Crippen LogP contribution is 2.31. The molecule has 0 radical (unpaired) electrons. The number of nitrogens with zero attached hydrogens (tertiary/aromatic N) is 4. The Morgan fingerprint density at radius 3 is 2.56 bits per heavy atom. The molecule has 0 fully saturated rings. The topological polar surface area (TPSA) is 139 Å². The largest absolute Gasteiger partial charge is 0.491 e. The van der Waals surface area contributed by atoms with Crippen molar-refractivity contribution in [3.8, 4) is 11.4 Å². The summed E-state index contributed by atoms with van der Waals surface area (Å²) in [5, 5.41) is 15.3. The number of carbonyl (C=O) groups is 1. The van der Waals surface area contributed by atoms with Crippen LogP contribution < -0.4 is 10.1 Å². The van der Waals surface area contributed by atoms with Gasteiger partial charge in [0, 0.05) is 13.7 Å². The van der Waals surface area contributed by atoms with Crippen LogP contribution in [0.25, 0.3) is 5.69 Å². The van der Waals surface area contributed by atoms with Gasteiger partial charge in [0.1, 0.15) is 19.0 Å². The summed E-state index contributed by atoms with van der Waals surface area (Å²) in [6, 6.07) is 7.47. The molecule has 2 atom stereocenters. The van der Waals surface area contributed by atoms with Gasteiger partial charge in [-0.3, -0.25) is 4.79 Å². The second-order valence-electron chi connectivity index (χ2n) is 7.54. The quantitative estimate of drug-likeness (QED) is 0.145. The number of aromatic nitrogens is 4. The molecule has 36 heavy (non-hydrogen) atoms. The molecule has 2 N–H and O–H groups in total. The molecule has 0 aliphatic heterocycles. The van der Waals surface area contributed by atoms with Gasteiger partial charge in [-0.15, -0.1) is 15.6 Å². The van der Waals surface area contributed by atoms with Crippen LogP contribution in [0, 0.1) is 0 Å². The van der Waals surface area contributed by atoms with Crippen LogP contribution in [0.1, 0.15) is 25.7 Å². The Morgan fingerprint density at radius 1 is 1.08 bits per heavy atom. The molecule has 0 saturated carbocycles. The summed E-state index contributed by atoms with van der Waals surface area (Å²) in [4.78, 5) is 20.9. The van der Waals surface area contributed by atoms with Crippen LogP contribution in [-0.4, -0.2) is 96.4 Å². The maximum absolute atomic E-state index is 11.8. The van der Waals surface area contributed by atoms with Gasteiger partial charge in [-0.1, -0.05) is 18.7 Å². The number of benzene rings is 1. The van der Waals surface area contributed by atoms with E-state index in [0.29, 0.717) is 45.3 Å². The van der Waals surface area contributed by atoms with E-state index in [1.54, 1.807) is 4.68 Å². The van der Waals surface area contributed by atoms with Crippen LogP contribution in [0.5, 0.6) is 5.75 Å². The van der Waals surface area contributed by atoms with Crippen molar-refractivity contribution >= 4 is 30.9 Å². The fraction of sp³-hybridized carbons (Fsp3) is 0.591. The Balaban J connectivity index is 1.42. The SMILES string of the molecule is C=S(C)c1nnnn1-c1ccc(OCCOCCOCC(=O)NCCCCCCOP(O)OC)cc1. The molecule has 0 saturated heterocycles. The van der Waals surface area contributed by atoms with Crippen LogP contribution in [-0.2, 0) is 23.3 Å². The molecular weight excluding hydrogens is 509 g/mol. The molecule has 1 amide bonds. The molecule has 2 unspecified atom stereocenters. The summed E-state index contributed by atoms with van der Waals surface area (Å²) < 4.78 is 27.8. The second-order valence-corrected chi connectivity index (χ2v) is 10.3. The van der Waals surface area contributed by atoms with Crippen LogP contribution in [0.15, 0.2) is 29.4 Å². The maximum Gasteiger partial charge on any atom is 0.329 e. The minimum Gasteiger partial charge on any atom is -0.491 e. The monoisotopic (exact) mass is 545 g/mol. The molecule has 1 aromatic carbocycles. The van der Waals surface area contributed by atoms with Crippen molar-refractivity contribution in [2.24, 2.45) is 0 Å². The van der Waals surface area contributed by atoms with Gasteiger partial charge in [-0.25, -0.2) is 0 Å². The lowest BCUT2D eigenvalue weighted by molar-refractivity contribution is -0.126. The summed E-state index contributed by atoms with van der Waals surface area (Å²) in [6.45, 7) is 2.60. The lowest BCUT2D eigenvalue weighted by atomic mass is 10.2. The summed E-state index contributed by atoms with van der Waals surface area (Å²) in [5.74, 6) is 4.56. The third-order valence-electron chi connectivity index (χ3n) is 4.69. The first-order chi connectivity index (χ1) is 17.5. The molecule has 202 valence electrons. The number of nitrogens with one attached hydrogen (secondary N) is 1. The first kappa shape index (κ1) is 30.2. The molecule has 1 heterocycles. The molecule has 12 nitrogen and oxygen atoms in total. The van der Waals surface area contributed by atoms with Gasteiger partial charge in [0.2, 0.25) is 11.1 Å². The Bertz CT molecular complexity index is 903. The Morgan fingerprint density at radius 2 is 1.81 bits per heavy atom. The fourth-order valence-electron chi connectivity index (χ4n) is 2.90. The molecule has 2 aromatic rings. The van der Waals surface area contributed by atoms with E-state index in [1.807, 2.05) is 30.5 Å². The number of unbranched alkanes of at least 4 members (excludes halogenated alkanes) is 3. The van der Waals surface area contributed by atoms with Gasteiger partial charge in [-0.2, -0.15) is 4.68 Å². The zero-order valence-corrected chi connectivity index (χ0v) is 22.5. The van der Waals surface area contributed by atoms with Gasteiger partial charge in [-0.05, 0) is 53.8 Å². The number of hydrogen-bond acceptors (Lipinski definition) is 10. The van der Waals surface area contributed by atoms with Crippen molar-refractivity contribution < 1.29 is 32.9 Å². The van der Waals surface area contributed by atoms with E-state index in [0.717, 1.165) is 36.5 Å². The molecule has 0 aliphatic carbocycles. The number of hydrogen-bond donors (Lipinski definition) is 2. The van der Waals surface area contributed by atoms with Crippen LogP contribution in [0.4, 0.5) is 0 Å². The molecule has 0 spiro atoms. The summed E-state index contributed by atoms with van der Waals surface area (Å²) in [5.41, 5.74) is 0.841. The van der Waals surface area contributed by atoms with Gasteiger partial charge < -0.3 is 33.5 Å². The number of ether oxygens (including phenoxy) is 3. The average molecular weight is 546 g/mol. The number of tetrazole rings is 1. The lowest BCUT2D eigenvalue weighted by Gasteiger charge is -2.09. The van der Waals surface area contributed by atoms with Gasteiger partial charge >= 0.3 is 8.60 Å². The van der Waals surface area contributed by atoms with Crippen LogP contribution in [0.3, 0.4) is 0 Å². The van der Waals surface area contributed by atoms with E-state index in [1.165, 1.54) is 7.11 Å².